The van der Waals surface area contributed by atoms with Gasteiger partial charge in [-0.25, -0.2) is 9.97 Å². The Morgan fingerprint density at radius 1 is 0.897 bits per heavy atom. The van der Waals surface area contributed by atoms with Gasteiger partial charge in [-0.2, -0.15) is 0 Å². The molecule has 2 aromatic heterocycles. The number of anilines is 2. The van der Waals surface area contributed by atoms with E-state index >= 15 is 0 Å². The molecule has 1 aliphatic rings. The molecule has 0 saturated carbocycles. The van der Waals surface area contributed by atoms with Crippen LogP contribution in [0.3, 0.4) is 0 Å². The summed E-state index contributed by atoms with van der Waals surface area (Å²) >= 11 is 0. The Balaban J connectivity index is 1.34. The van der Waals surface area contributed by atoms with Crippen molar-refractivity contribution in [1.29, 1.82) is 0 Å². The number of hydrogen-bond donors (Lipinski definition) is 0. The third-order valence-electron chi connectivity index (χ3n) is 5.31. The topological polar surface area (TPSA) is 54.6 Å². The van der Waals surface area contributed by atoms with Crippen molar-refractivity contribution >= 4 is 22.6 Å². The van der Waals surface area contributed by atoms with Crippen LogP contribution >= 0.6 is 0 Å². The lowest BCUT2D eigenvalue weighted by atomic mass is 10.2. The molecular formula is C23H22N4O2. The molecule has 0 amide bonds. The van der Waals surface area contributed by atoms with Gasteiger partial charge in [0.2, 0.25) is 5.95 Å². The molecule has 0 unspecified atom stereocenters. The van der Waals surface area contributed by atoms with Crippen molar-refractivity contribution in [2.75, 3.05) is 43.1 Å². The Labute approximate surface area is 169 Å². The fourth-order valence-corrected chi connectivity index (χ4v) is 3.78. The van der Waals surface area contributed by atoms with Crippen LogP contribution in [0.4, 0.5) is 11.6 Å². The molecule has 6 nitrogen and oxygen atoms in total. The van der Waals surface area contributed by atoms with Crippen molar-refractivity contribution in [2.24, 2.45) is 0 Å². The van der Waals surface area contributed by atoms with E-state index in [4.69, 9.17) is 14.1 Å². The maximum atomic E-state index is 5.97. The van der Waals surface area contributed by atoms with E-state index in [1.54, 1.807) is 13.3 Å². The summed E-state index contributed by atoms with van der Waals surface area (Å²) in [6.45, 7) is 3.47. The number of furan rings is 1. The molecule has 1 fully saturated rings. The number of rotatable bonds is 4. The van der Waals surface area contributed by atoms with Gasteiger partial charge in [0.15, 0.2) is 5.76 Å². The van der Waals surface area contributed by atoms with E-state index in [1.165, 1.54) is 0 Å². The van der Waals surface area contributed by atoms with Gasteiger partial charge in [-0.3, -0.25) is 0 Å². The number of ether oxygens (including phenoxy) is 1. The molecule has 3 heterocycles. The first-order valence-corrected chi connectivity index (χ1v) is 9.77. The summed E-state index contributed by atoms with van der Waals surface area (Å²) in [4.78, 5) is 13.8. The molecule has 1 aliphatic heterocycles. The first-order valence-electron chi connectivity index (χ1n) is 9.77. The van der Waals surface area contributed by atoms with Crippen molar-refractivity contribution in [3.05, 3.63) is 66.9 Å². The van der Waals surface area contributed by atoms with Crippen LogP contribution in [0.5, 0.6) is 5.75 Å². The van der Waals surface area contributed by atoms with E-state index in [0.29, 0.717) is 0 Å². The van der Waals surface area contributed by atoms with E-state index in [0.717, 1.165) is 66.0 Å². The van der Waals surface area contributed by atoms with Crippen LogP contribution in [0.1, 0.15) is 0 Å². The first-order chi connectivity index (χ1) is 14.3. The molecule has 1 saturated heterocycles. The van der Waals surface area contributed by atoms with Crippen molar-refractivity contribution in [3.63, 3.8) is 0 Å². The number of nitrogens with zero attached hydrogens (tertiary/aromatic N) is 4. The second kappa shape index (κ2) is 7.47. The summed E-state index contributed by atoms with van der Waals surface area (Å²) in [6, 6.07) is 20.1. The summed E-state index contributed by atoms with van der Waals surface area (Å²) in [6.07, 6.45) is 1.80. The Kier molecular flexibility index (Phi) is 4.52. The Morgan fingerprint density at radius 2 is 1.66 bits per heavy atom. The van der Waals surface area contributed by atoms with Crippen molar-refractivity contribution in [3.8, 4) is 17.2 Å². The predicted molar refractivity (Wildman–Crippen MR) is 115 cm³/mol. The second-order valence-electron chi connectivity index (χ2n) is 7.04. The van der Waals surface area contributed by atoms with Crippen LogP contribution < -0.4 is 14.5 Å². The molecule has 4 aromatic rings. The summed E-state index contributed by atoms with van der Waals surface area (Å²) in [5.74, 6) is 2.41. The molecule has 0 spiro atoms. The Bertz CT molecular complexity index is 1100. The van der Waals surface area contributed by atoms with Crippen LogP contribution in [0.25, 0.3) is 22.4 Å². The minimum absolute atomic E-state index is 0.739. The number of benzene rings is 2. The zero-order valence-electron chi connectivity index (χ0n) is 16.3. The van der Waals surface area contributed by atoms with E-state index in [1.807, 2.05) is 54.6 Å². The molecule has 146 valence electrons. The first kappa shape index (κ1) is 17.6. The van der Waals surface area contributed by atoms with Gasteiger partial charge in [0, 0.05) is 37.8 Å². The van der Waals surface area contributed by atoms with Gasteiger partial charge >= 0.3 is 0 Å². The quantitative estimate of drug-likeness (QED) is 0.523. The molecule has 29 heavy (non-hydrogen) atoms. The number of piperazine rings is 1. The fourth-order valence-electron chi connectivity index (χ4n) is 3.78. The minimum Gasteiger partial charge on any atom is -0.495 e. The summed E-state index contributed by atoms with van der Waals surface area (Å²) in [5, 5.41) is 1.08. The van der Waals surface area contributed by atoms with Crippen LogP contribution in [0, 0.1) is 0 Å². The molecule has 0 bridgehead atoms. The highest BCUT2D eigenvalue weighted by Crippen LogP contribution is 2.30. The lowest BCUT2D eigenvalue weighted by molar-refractivity contribution is 0.413. The van der Waals surface area contributed by atoms with Gasteiger partial charge in [0.25, 0.3) is 0 Å². The molecule has 0 radical (unpaired) electrons. The van der Waals surface area contributed by atoms with Gasteiger partial charge in [0.1, 0.15) is 17.0 Å². The fraction of sp³-hybridized carbons (Fsp3) is 0.217. The van der Waals surface area contributed by atoms with E-state index < -0.39 is 0 Å². The third-order valence-corrected chi connectivity index (χ3v) is 5.31. The summed E-state index contributed by atoms with van der Waals surface area (Å²) < 4.78 is 11.5. The van der Waals surface area contributed by atoms with Gasteiger partial charge in [-0.05, 0) is 30.3 Å². The maximum absolute atomic E-state index is 5.97. The van der Waals surface area contributed by atoms with E-state index in [2.05, 4.69) is 20.9 Å². The molecule has 2 aromatic carbocycles. The summed E-state index contributed by atoms with van der Waals surface area (Å²) in [5.41, 5.74) is 2.80. The van der Waals surface area contributed by atoms with Crippen LogP contribution in [-0.4, -0.2) is 43.3 Å². The zero-order chi connectivity index (χ0) is 19.6. The molecule has 0 atom stereocenters. The van der Waals surface area contributed by atoms with Crippen LogP contribution in [-0.2, 0) is 0 Å². The van der Waals surface area contributed by atoms with E-state index in [-0.39, 0.29) is 0 Å². The third kappa shape index (κ3) is 3.38. The largest absolute Gasteiger partial charge is 0.495 e. The minimum atomic E-state index is 0.739. The number of fused-ring (bicyclic) bond motifs is 1. The smallest absolute Gasteiger partial charge is 0.226 e. The molecule has 0 N–H and O–H groups in total. The Hall–Kier alpha value is -3.54. The second-order valence-corrected chi connectivity index (χ2v) is 7.04. The number of methoxy groups -OCH3 is 1. The lowest BCUT2D eigenvalue weighted by Gasteiger charge is -2.36. The number of hydrogen-bond acceptors (Lipinski definition) is 6. The predicted octanol–water partition coefficient (Wildman–Crippen LogP) is 4.23. The SMILES string of the molecule is COc1ccccc1N1CCN(c2nccc(-c3cc4ccccc4o3)n2)CC1. The number of aromatic nitrogens is 2. The van der Waals surface area contributed by atoms with Gasteiger partial charge in [0.05, 0.1) is 12.8 Å². The molecular weight excluding hydrogens is 364 g/mol. The average molecular weight is 386 g/mol. The normalized spacial score (nSPS) is 14.4. The summed E-state index contributed by atoms with van der Waals surface area (Å²) in [7, 11) is 1.71. The highest BCUT2D eigenvalue weighted by molar-refractivity contribution is 5.82. The zero-order valence-corrected chi connectivity index (χ0v) is 16.3. The molecule has 5 rings (SSSR count). The Morgan fingerprint density at radius 3 is 2.48 bits per heavy atom. The highest BCUT2D eigenvalue weighted by atomic mass is 16.5. The maximum Gasteiger partial charge on any atom is 0.226 e. The van der Waals surface area contributed by atoms with Crippen molar-refractivity contribution < 1.29 is 9.15 Å². The van der Waals surface area contributed by atoms with Crippen molar-refractivity contribution in [1.82, 2.24) is 9.97 Å². The van der Waals surface area contributed by atoms with E-state index in [9.17, 15) is 0 Å². The highest BCUT2D eigenvalue weighted by Gasteiger charge is 2.21. The van der Waals surface area contributed by atoms with Crippen molar-refractivity contribution in [2.45, 2.75) is 0 Å². The molecule has 6 heteroatoms. The molecule has 0 aliphatic carbocycles. The lowest BCUT2D eigenvalue weighted by Crippen LogP contribution is -2.47. The van der Waals surface area contributed by atoms with Gasteiger partial charge < -0.3 is 19.0 Å². The van der Waals surface area contributed by atoms with Crippen LogP contribution in [0.2, 0.25) is 0 Å². The standard InChI is InChI=1S/C23H22N4O2/c1-28-21-9-5-3-7-19(21)26-12-14-27(15-13-26)23-24-11-10-18(25-23)22-16-17-6-2-4-8-20(17)29-22/h2-11,16H,12-15H2,1H3. The number of para-hydroxylation sites is 3. The van der Waals surface area contributed by atoms with Gasteiger partial charge in [-0.15, -0.1) is 0 Å². The average Bonchev–Trinajstić information content (AvgIpc) is 3.24. The monoisotopic (exact) mass is 386 g/mol. The van der Waals surface area contributed by atoms with Crippen LogP contribution in [0.15, 0.2) is 71.3 Å². The van der Waals surface area contributed by atoms with Gasteiger partial charge in [-0.1, -0.05) is 30.3 Å².